The summed E-state index contributed by atoms with van der Waals surface area (Å²) in [4.78, 5) is 165. The van der Waals surface area contributed by atoms with Gasteiger partial charge in [0.05, 0.1) is 68.8 Å². The van der Waals surface area contributed by atoms with E-state index in [9.17, 15) is 57.5 Å². The number of amides is 7. The molecule has 8 aromatic rings. The molecular weight excluding hydrogens is 1550 g/mol. The van der Waals surface area contributed by atoms with Gasteiger partial charge in [0.25, 0.3) is 17.7 Å². The van der Waals surface area contributed by atoms with Crippen molar-refractivity contribution in [3.8, 4) is 23.0 Å². The van der Waals surface area contributed by atoms with E-state index in [2.05, 4.69) is 37.2 Å². The van der Waals surface area contributed by atoms with E-state index in [0.717, 1.165) is 22.3 Å². The summed E-state index contributed by atoms with van der Waals surface area (Å²) in [5.74, 6) is -3.48. The molecule has 0 bridgehead atoms. The second-order valence-electron chi connectivity index (χ2n) is 29.2. The first-order valence-electron chi connectivity index (χ1n) is 40.6. The van der Waals surface area contributed by atoms with Gasteiger partial charge in [0, 0.05) is 57.8 Å². The van der Waals surface area contributed by atoms with Crippen LogP contribution in [0.25, 0.3) is 0 Å². The Kier molecular flexibility index (Phi) is 39.0. The number of hydrogen-bond donors (Lipinski definition) is 7. The molecule has 27 nitrogen and oxygen atoms in total. The number of ether oxygens (including phenoxy) is 8. The Bertz CT molecular complexity index is 4760. The fourth-order valence-corrected chi connectivity index (χ4v) is 13.3. The van der Waals surface area contributed by atoms with Crippen LogP contribution >= 0.6 is 0 Å². The van der Waals surface area contributed by atoms with E-state index in [1.54, 1.807) is 48.5 Å². The number of alkyl carbamates (subject to hydrolysis) is 4. The van der Waals surface area contributed by atoms with Crippen molar-refractivity contribution in [2.45, 2.75) is 161 Å². The van der Waals surface area contributed by atoms with Crippen LogP contribution in [0.2, 0.25) is 0 Å². The lowest BCUT2D eigenvalue weighted by molar-refractivity contribution is -0.122. The Hall–Kier alpha value is -13.2. The first kappa shape index (κ1) is 93.3. The summed E-state index contributed by atoms with van der Waals surface area (Å²) < 4.78 is 43.9. The van der Waals surface area contributed by atoms with Crippen molar-refractivity contribution in [1.29, 1.82) is 0 Å². The van der Waals surface area contributed by atoms with E-state index in [0.29, 0.717) is 92.3 Å². The molecule has 27 heteroatoms. The second kappa shape index (κ2) is 50.5. The smallest absolute Gasteiger partial charge is 0.407 e. The van der Waals surface area contributed by atoms with Crippen LogP contribution in [0, 0.1) is 5.92 Å². The van der Waals surface area contributed by atoms with Gasteiger partial charge in [0.15, 0.2) is 23.1 Å². The summed E-state index contributed by atoms with van der Waals surface area (Å²) in [7, 11) is 5.54. The molecule has 0 heterocycles. The average molecular weight is 1660 g/mol. The standard InChI is InChI=1S/C94H109N7O20/c1-63(27-19-23-47-95-91(110)118-59-65-28-11-7-12-29-65)80(103)55-70-40-44-85(115-4)74(52-70)88(107)100-78(37-21-25-49-97-93(112)120-61-67-32-15-9-16-33-67)82(105)57-72-42-46-87(117-6)76(54-72)90(109)101-79(38-22-26-50-98-94(113)121-62-68-34-17-10-18-35-68)83(106)58-71-41-45-86(116-5)75(53-71)89(108)99-77(81(104)56-69-39-43-84(114-3)73(51-69)64(2)102)36-20-24-48-96-92(111)119-60-66-30-13-8-14-31-66/h7-18,28-35,39-46,51-54,63,77-79H,19-27,36-38,47-50,55-62H2,1-6H3,(H,95,110)(H,96,111)(H,97,112)(H,98,113)(H,99,108)(H,100,107)(H,101,109)/t63-,77-,78-,79-/m0/s1. The number of Topliss-reactive ketones (excluding diaryl/α,β-unsaturated/α-hetero) is 5. The van der Waals surface area contributed by atoms with Crippen LogP contribution in [0.15, 0.2) is 194 Å². The molecule has 0 aliphatic carbocycles. The highest BCUT2D eigenvalue weighted by Crippen LogP contribution is 2.28. The van der Waals surface area contributed by atoms with Gasteiger partial charge in [-0.3, -0.25) is 38.4 Å². The molecule has 0 saturated carbocycles. The van der Waals surface area contributed by atoms with Gasteiger partial charge in [-0.1, -0.05) is 159 Å². The van der Waals surface area contributed by atoms with Crippen molar-refractivity contribution >= 4 is 71.0 Å². The third-order valence-corrected chi connectivity index (χ3v) is 20.1. The van der Waals surface area contributed by atoms with Crippen LogP contribution in [-0.4, -0.2) is 144 Å². The predicted molar refractivity (Wildman–Crippen MR) is 454 cm³/mol. The summed E-state index contributed by atoms with van der Waals surface area (Å²) in [5.41, 5.74) is 5.22. The van der Waals surface area contributed by atoms with Crippen molar-refractivity contribution < 1.29 is 95.4 Å². The number of carbonyl (C=O) groups excluding carboxylic acids is 12. The normalized spacial score (nSPS) is 11.8. The zero-order valence-corrected chi connectivity index (χ0v) is 69.4. The van der Waals surface area contributed by atoms with Gasteiger partial charge >= 0.3 is 24.4 Å². The van der Waals surface area contributed by atoms with Gasteiger partial charge in [-0.2, -0.15) is 0 Å². The molecule has 8 rings (SSSR count). The highest BCUT2D eigenvalue weighted by Gasteiger charge is 2.30. The monoisotopic (exact) mass is 1660 g/mol. The van der Waals surface area contributed by atoms with E-state index < -0.39 is 71.8 Å². The van der Waals surface area contributed by atoms with Gasteiger partial charge in [0.2, 0.25) is 0 Å². The molecule has 7 N–H and O–H groups in total. The van der Waals surface area contributed by atoms with Crippen LogP contribution in [0.3, 0.4) is 0 Å². The van der Waals surface area contributed by atoms with Crippen LogP contribution in [0.1, 0.15) is 177 Å². The minimum absolute atomic E-state index is 0.00948. The number of carbonyl (C=O) groups is 12. The molecule has 0 saturated heterocycles. The largest absolute Gasteiger partial charge is 0.496 e. The second-order valence-corrected chi connectivity index (χ2v) is 29.2. The van der Waals surface area contributed by atoms with E-state index in [1.807, 2.05) is 128 Å². The fourth-order valence-electron chi connectivity index (χ4n) is 13.3. The summed E-state index contributed by atoms with van der Waals surface area (Å²) in [6.07, 6.45) is 0.867. The molecule has 121 heavy (non-hydrogen) atoms. The number of hydrogen-bond acceptors (Lipinski definition) is 20. The van der Waals surface area contributed by atoms with E-state index in [4.69, 9.17) is 37.9 Å². The number of nitrogens with one attached hydrogen (secondary N) is 7. The zero-order valence-electron chi connectivity index (χ0n) is 69.4. The van der Waals surface area contributed by atoms with Gasteiger partial charge < -0.3 is 75.1 Å². The molecule has 4 atom stereocenters. The third-order valence-electron chi connectivity index (χ3n) is 20.1. The lowest BCUT2D eigenvalue weighted by Crippen LogP contribution is -2.42. The molecule has 0 aliphatic rings. The summed E-state index contributed by atoms with van der Waals surface area (Å²) >= 11 is 0. The van der Waals surface area contributed by atoms with Crippen molar-refractivity contribution in [3.63, 3.8) is 0 Å². The highest BCUT2D eigenvalue weighted by atomic mass is 16.6. The highest BCUT2D eigenvalue weighted by molar-refractivity contribution is 6.04. The maximum atomic E-state index is 15.0. The lowest BCUT2D eigenvalue weighted by Gasteiger charge is -2.21. The van der Waals surface area contributed by atoms with Gasteiger partial charge in [-0.15, -0.1) is 0 Å². The van der Waals surface area contributed by atoms with Crippen molar-refractivity contribution in [2.24, 2.45) is 5.92 Å². The Morgan fingerprint density at radius 1 is 0.281 bits per heavy atom. The van der Waals surface area contributed by atoms with Crippen LogP contribution in [0.4, 0.5) is 19.2 Å². The molecule has 7 amide bonds. The van der Waals surface area contributed by atoms with E-state index >= 15 is 0 Å². The molecule has 0 spiro atoms. The van der Waals surface area contributed by atoms with Crippen molar-refractivity contribution in [3.05, 3.63) is 261 Å². The first-order chi connectivity index (χ1) is 58.6. The molecule has 0 fully saturated rings. The molecule has 0 aromatic heterocycles. The van der Waals surface area contributed by atoms with Gasteiger partial charge in [-0.05, 0) is 171 Å². The number of benzene rings is 8. The van der Waals surface area contributed by atoms with Crippen LogP contribution < -0.4 is 56.2 Å². The fraction of sp³-hybridized carbons (Fsp3) is 0.362. The van der Waals surface area contributed by atoms with E-state index in [1.165, 1.54) is 59.6 Å². The van der Waals surface area contributed by atoms with Crippen molar-refractivity contribution in [1.82, 2.24) is 37.2 Å². The van der Waals surface area contributed by atoms with Gasteiger partial charge in [-0.25, -0.2) is 19.2 Å². The topological polar surface area (TPSA) is 363 Å². The molecular formula is C94H109N7O20. The predicted octanol–water partition coefficient (Wildman–Crippen LogP) is 13.8. The van der Waals surface area contributed by atoms with E-state index in [-0.39, 0.29) is 154 Å². The lowest BCUT2D eigenvalue weighted by atomic mass is 9.93. The Morgan fingerprint density at radius 2 is 0.521 bits per heavy atom. The summed E-state index contributed by atoms with van der Waals surface area (Å²) in [6, 6.07) is 52.1. The first-order valence-corrected chi connectivity index (χ1v) is 40.6. The Labute approximate surface area is 705 Å². The Balaban J connectivity index is 0.975. The number of methoxy groups -OCH3 is 4. The van der Waals surface area contributed by atoms with Crippen LogP contribution in [0.5, 0.6) is 23.0 Å². The van der Waals surface area contributed by atoms with Gasteiger partial charge in [0.1, 0.15) is 55.2 Å². The molecule has 8 aromatic carbocycles. The average Bonchev–Trinajstić information content (AvgIpc) is 0.829. The molecule has 0 aliphatic heterocycles. The molecule has 640 valence electrons. The zero-order chi connectivity index (χ0) is 86.7. The maximum absolute atomic E-state index is 15.0. The summed E-state index contributed by atoms with van der Waals surface area (Å²) in [5, 5.41) is 19.7. The maximum Gasteiger partial charge on any atom is 0.407 e. The number of unbranched alkanes of at least 4 members (excludes halogenated alkanes) is 4. The SMILES string of the molecule is COc1ccc(CC(=O)[C@H](CCCCNC(=O)OCc2ccccc2)NC(=O)c2cc(CC(=O)[C@H](CCCCNC(=O)OCc3ccccc3)NC(=O)c3cc(CC(=O)[C@H](CCCCNC(=O)OCc4ccccc4)NC(=O)c4cc(CC(=O)[C@@H](C)CCCCNC(=O)OCc5ccccc5)ccc4OC)ccc3OC)ccc2OC)cc1C(C)=O. The Morgan fingerprint density at radius 3 is 0.777 bits per heavy atom. The minimum Gasteiger partial charge on any atom is -0.496 e. The van der Waals surface area contributed by atoms with Crippen LogP contribution in [-0.2, 0) is 90.2 Å². The number of ketones is 5. The number of rotatable bonds is 51. The quantitative estimate of drug-likeness (QED) is 0.0106. The van der Waals surface area contributed by atoms with Crippen molar-refractivity contribution in [2.75, 3.05) is 54.6 Å². The third kappa shape index (κ3) is 32.2. The molecule has 0 unspecified atom stereocenters. The minimum atomic E-state index is -1.21. The summed E-state index contributed by atoms with van der Waals surface area (Å²) in [6.45, 7) is 4.39. The molecule has 0 radical (unpaired) electrons.